The van der Waals surface area contributed by atoms with E-state index in [1.165, 1.54) is 17.0 Å². The van der Waals surface area contributed by atoms with Crippen LogP contribution in [-0.2, 0) is 6.54 Å². The third-order valence-corrected chi connectivity index (χ3v) is 2.84. The smallest absolute Gasteiger partial charge is 0.317 e. The maximum atomic E-state index is 11.7. The maximum Gasteiger partial charge on any atom is 0.317 e. The van der Waals surface area contributed by atoms with Crippen LogP contribution in [0.5, 0.6) is 0 Å². The molecule has 7 heteroatoms. The summed E-state index contributed by atoms with van der Waals surface area (Å²) in [5, 5.41) is 22.1. The highest BCUT2D eigenvalue weighted by atomic mass is 16.6. The van der Waals surface area contributed by atoms with Gasteiger partial charge in [-0.25, -0.2) is 4.79 Å². The van der Waals surface area contributed by atoms with Crippen molar-refractivity contribution in [1.82, 2.24) is 10.2 Å². The molecule has 0 aliphatic heterocycles. The van der Waals surface area contributed by atoms with Crippen LogP contribution >= 0.6 is 0 Å². The quantitative estimate of drug-likeness (QED) is 0.617. The minimum atomic E-state index is -0.473. The molecule has 1 rings (SSSR count). The topological polar surface area (TPSA) is 95.7 Å². The lowest BCUT2D eigenvalue weighted by atomic mass is 10.2. The molecule has 0 heterocycles. The first-order valence-corrected chi connectivity index (χ1v) is 5.80. The van der Waals surface area contributed by atoms with Crippen LogP contribution < -0.4 is 5.32 Å². The van der Waals surface area contributed by atoms with E-state index in [2.05, 4.69) is 5.32 Å². The molecule has 1 unspecified atom stereocenters. The number of urea groups is 1. The number of nitro benzene ring substituents is 1. The number of carbonyl (C=O) groups is 1. The maximum absolute atomic E-state index is 11.7. The number of hydrogen-bond donors (Lipinski definition) is 2. The standard InChI is InChI=1S/C12H17N3O4/c1-9(8-16)14(2)12(17)13-7-10-3-5-11(6-4-10)15(18)19/h3-6,9,16H,7-8H2,1-2H3,(H,13,17). The van der Waals surface area contributed by atoms with E-state index in [0.717, 1.165) is 5.56 Å². The van der Waals surface area contributed by atoms with Crippen LogP contribution in [-0.4, -0.2) is 40.7 Å². The lowest BCUT2D eigenvalue weighted by Crippen LogP contribution is -2.43. The second-order valence-electron chi connectivity index (χ2n) is 4.22. The van der Waals surface area contributed by atoms with Crippen LogP contribution in [0.2, 0.25) is 0 Å². The molecule has 0 aliphatic rings. The second-order valence-corrected chi connectivity index (χ2v) is 4.22. The molecule has 2 N–H and O–H groups in total. The van der Waals surface area contributed by atoms with E-state index in [4.69, 9.17) is 5.11 Å². The molecule has 0 saturated heterocycles. The Hall–Kier alpha value is -2.15. The molecule has 0 bridgehead atoms. The predicted molar refractivity (Wildman–Crippen MR) is 69.6 cm³/mol. The van der Waals surface area contributed by atoms with Gasteiger partial charge in [-0.2, -0.15) is 0 Å². The predicted octanol–water partition coefficient (Wildman–Crippen LogP) is 1.12. The van der Waals surface area contributed by atoms with Gasteiger partial charge in [0.1, 0.15) is 0 Å². The number of nitrogens with one attached hydrogen (secondary N) is 1. The zero-order chi connectivity index (χ0) is 14.4. The molecule has 2 amide bonds. The van der Waals surface area contributed by atoms with Crippen molar-refractivity contribution >= 4 is 11.7 Å². The molecule has 19 heavy (non-hydrogen) atoms. The summed E-state index contributed by atoms with van der Waals surface area (Å²) in [5.74, 6) is 0. The first kappa shape index (κ1) is 14.9. The number of nitrogens with zero attached hydrogens (tertiary/aromatic N) is 2. The molecule has 0 aliphatic carbocycles. The molecule has 7 nitrogen and oxygen atoms in total. The summed E-state index contributed by atoms with van der Waals surface area (Å²) in [6.07, 6.45) is 0. The van der Waals surface area contributed by atoms with Crippen LogP contribution in [0.1, 0.15) is 12.5 Å². The molecule has 1 aromatic carbocycles. The fourth-order valence-corrected chi connectivity index (χ4v) is 1.36. The summed E-state index contributed by atoms with van der Waals surface area (Å²) in [6, 6.07) is 5.39. The molecule has 0 aromatic heterocycles. The average molecular weight is 267 g/mol. The molecule has 1 atom stereocenters. The Balaban J connectivity index is 2.52. The van der Waals surface area contributed by atoms with Crippen LogP contribution in [0.3, 0.4) is 0 Å². The Morgan fingerprint density at radius 1 is 1.47 bits per heavy atom. The summed E-state index contributed by atoms with van der Waals surface area (Å²) in [6.45, 7) is 1.90. The van der Waals surface area contributed by atoms with E-state index in [1.807, 2.05) is 0 Å². The Labute approximate surface area is 111 Å². The first-order valence-electron chi connectivity index (χ1n) is 5.80. The third kappa shape index (κ3) is 4.22. The fraction of sp³-hybridized carbons (Fsp3) is 0.417. The van der Waals surface area contributed by atoms with Gasteiger partial charge in [0.05, 0.1) is 17.6 Å². The minimum absolute atomic E-state index is 0.0149. The van der Waals surface area contributed by atoms with Crippen LogP contribution in [0, 0.1) is 10.1 Å². The molecular weight excluding hydrogens is 250 g/mol. The molecule has 104 valence electrons. The number of carbonyl (C=O) groups excluding carboxylic acids is 1. The van der Waals surface area contributed by atoms with Crippen molar-refractivity contribution in [3.63, 3.8) is 0 Å². The highest BCUT2D eigenvalue weighted by Crippen LogP contribution is 2.11. The number of aliphatic hydroxyl groups is 1. The Kier molecular flexibility index (Phi) is 5.25. The number of hydrogen-bond acceptors (Lipinski definition) is 4. The van der Waals surface area contributed by atoms with Crippen molar-refractivity contribution in [1.29, 1.82) is 0 Å². The summed E-state index contributed by atoms with van der Waals surface area (Å²) < 4.78 is 0. The highest BCUT2D eigenvalue weighted by molar-refractivity contribution is 5.74. The molecule has 0 radical (unpaired) electrons. The van der Waals surface area contributed by atoms with Gasteiger partial charge in [-0.15, -0.1) is 0 Å². The van der Waals surface area contributed by atoms with Crippen molar-refractivity contribution in [3.8, 4) is 0 Å². The Bertz CT molecular complexity index is 447. The van der Waals surface area contributed by atoms with E-state index >= 15 is 0 Å². The van der Waals surface area contributed by atoms with Crippen molar-refractivity contribution in [2.75, 3.05) is 13.7 Å². The number of rotatable bonds is 5. The van der Waals surface area contributed by atoms with Gasteiger partial charge in [-0.05, 0) is 12.5 Å². The average Bonchev–Trinajstić information content (AvgIpc) is 2.43. The number of aliphatic hydroxyl groups excluding tert-OH is 1. The van der Waals surface area contributed by atoms with E-state index in [9.17, 15) is 14.9 Å². The number of non-ortho nitro benzene ring substituents is 1. The van der Waals surface area contributed by atoms with E-state index in [0.29, 0.717) is 0 Å². The van der Waals surface area contributed by atoms with E-state index < -0.39 is 4.92 Å². The van der Waals surface area contributed by atoms with Gasteiger partial charge in [0.15, 0.2) is 0 Å². The summed E-state index contributed by atoms with van der Waals surface area (Å²) in [5.41, 5.74) is 0.782. The molecule has 0 fully saturated rings. The summed E-state index contributed by atoms with van der Waals surface area (Å²) in [4.78, 5) is 23.1. The molecule has 0 saturated carbocycles. The zero-order valence-corrected chi connectivity index (χ0v) is 10.9. The number of amides is 2. The van der Waals surface area contributed by atoms with Crippen molar-refractivity contribution in [3.05, 3.63) is 39.9 Å². The molecule has 1 aromatic rings. The molecular formula is C12H17N3O4. The zero-order valence-electron chi connectivity index (χ0n) is 10.9. The van der Waals surface area contributed by atoms with E-state index in [-0.39, 0.29) is 30.9 Å². The van der Waals surface area contributed by atoms with Gasteiger partial charge in [-0.1, -0.05) is 12.1 Å². The third-order valence-electron chi connectivity index (χ3n) is 2.84. The normalized spacial score (nSPS) is 11.7. The van der Waals surface area contributed by atoms with Crippen LogP contribution in [0.15, 0.2) is 24.3 Å². The monoisotopic (exact) mass is 267 g/mol. The lowest BCUT2D eigenvalue weighted by Gasteiger charge is -2.23. The number of nitro groups is 1. The van der Waals surface area contributed by atoms with Crippen molar-refractivity contribution < 1.29 is 14.8 Å². The van der Waals surface area contributed by atoms with Crippen molar-refractivity contribution in [2.45, 2.75) is 19.5 Å². The van der Waals surface area contributed by atoms with Gasteiger partial charge >= 0.3 is 6.03 Å². The summed E-state index contributed by atoms with van der Waals surface area (Å²) >= 11 is 0. The van der Waals surface area contributed by atoms with Gasteiger partial charge in [-0.3, -0.25) is 10.1 Å². The fourth-order valence-electron chi connectivity index (χ4n) is 1.36. The van der Waals surface area contributed by atoms with Gasteiger partial charge in [0.2, 0.25) is 0 Å². The number of benzene rings is 1. The summed E-state index contributed by atoms with van der Waals surface area (Å²) in [7, 11) is 1.59. The lowest BCUT2D eigenvalue weighted by molar-refractivity contribution is -0.384. The first-order chi connectivity index (χ1) is 8.95. The highest BCUT2D eigenvalue weighted by Gasteiger charge is 2.14. The minimum Gasteiger partial charge on any atom is -0.394 e. The van der Waals surface area contributed by atoms with Gasteiger partial charge < -0.3 is 15.3 Å². The van der Waals surface area contributed by atoms with E-state index in [1.54, 1.807) is 26.1 Å². The van der Waals surface area contributed by atoms with Crippen LogP contribution in [0.4, 0.5) is 10.5 Å². The largest absolute Gasteiger partial charge is 0.394 e. The SMILES string of the molecule is CC(CO)N(C)C(=O)NCc1ccc([N+](=O)[O-])cc1. The van der Waals surface area contributed by atoms with Crippen molar-refractivity contribution in [2.24, 2.45) is 0 Å². The van der Waals surface area contributed by atoms with Gasteiger partial charge in [0.25, 0.3) is 5.69 Å². The molecule has 0 spiro atoms. The Morgan fingerprint density at radius 2 is 2.05 bits per heavy atom. The Morgan fingerprint density at radius 3 is 2.53 bits per heavy atom. The number of likely N-dealkylation sites (N-methyl/N-ethyl adjacent to an activating group) is 1. The second kappa shape index (κ2) is 6.69. The van der Waals surface area contributed by atoms with Crippen LogP contribution in [0.25, 0.3) is 0 Å². The van der Waals surface area contributed by atoms with Gasteiger partial charge in [0, 0.05) is 25.7 Å².